The third-order valence-corrected chi connectivity index (χ3v) is 10.7. The average Bonchev–Trinajstić information content (AvgIpc) is 3.18. The van der Waals surface area contributed by atoms with Gasteiger partial charge in [0.25, 0.3) is 0 Å². The quantitative estimate of drug-likeness (QED) is 0.347. The first kappa shape index (κ1) is 30.4. The van der Waals surface area contributed by atoms with Crippen LogP contribution in [0.4, 0.5) is 0 Å². The van der Waals surface area contributed by atoms with Crippen LogP contribution in [0.15, 0.2) is 166 Å². The van der Waals surface area contributed by atoms with E-state index in [1.165, 1.54) is 39.0 Å². The van der Waals surface area contributed by atoms with Gasteiger partial charge in [-0.05, 0) is 90.2 Å². The first-order chi connectivity index (χ1) is 23.7. The molecule has 1 N–H and O–H groups in total. The molecule has 0 aromatic heterocycles. The number of aliphatic imine (C=N–C) groups is 1. The van der Waals surface area contributed by atoms with Crippen molar-refractivity contribution in [2.75, 3.05) is 0 Å². The van der Waals surface area contributed by atoms with Crippen LogP contribution in [0.3, 0.4) is 0 Å². The van der Waals surface area contributed by atoms with Crippen LogP contribution in [-0.2, 0) is 0 Å². The van der Waals surface area contributed by atoms with Gasteiger partial charge in [-0.3, -0.25) is 0 Å². The van der Waals surface area contributed by atoms with Crippen molar-refractivity contribution >= 4 is 5.84 Å². The maximum atomic E-state index is 9.85. The largest absolute Gasteiger partial charge is 0.449 e. The first-order valence-corrected chi connectivity index (χ1v) is 17.5. The van der Waals surface area contributed by atoms with E-state index in [1.807, 2.05) is 6.08 Å². The third-order valence-electron chi connectivity index (χ3n) is 10.7. The first-order valence-electron chi connectivity index (χ1n) is 17.5. The van der Waals surface area contributed by atoms with Crippen LogP contribution in [0.5, 0.6) is 0 Å². The van der Waals surface area contributed by atoms with Gasteiger partial charge in [-0.25, -0.2) is 0 Å². The fraction of sp³-hybridized carbons (Fsp3) is 0.273. The van der Waals surface area contributed by atoms with E-state index in [4.69, 9.17) is 10.3 Å². The zero-order valence-corrected chi connectivity index (χ0v) is 27.3. The second-order valence-electron chi connectivity index (χ2n) is 13.6. The minimum absolute atomic E-state index is 0.0397. The summed E-state index contributed by atoms with van der Waals surface area (Å²) >= 11 is 0. The maximum Gasteiger partial charge on any atom is 0.0988 e. The number of nitrogens with zero attached hydrogens (tertiary/aromatic N) is 3. The minimum Gasteiger partial charge on any atom is -0.449 e. The lowest BCUT2D eigenvalue weighted by atomic mass is 9.65. The fourth-order valence-corrected chi connectivity index (χ4v) is 8.09. The summed E-state index contributed by atoms with van der Waals surface area (Å²) in [5.74, 6) is 2.07. The van der Waals surface area contributed by atoms with E-state index in [9.17, 15) is 5.26 Å². The van der Waals surface area contributed by atoms with E-state index in [1.54, 1.807) is 0 Å². The molecule has 0 saturated carbocycles. The number of fused-ring (bicyclic) bond motifs is 1. The zero-order chi connectivity index (χ0) is 32.3. The second-order valence-corrected chi connectivity index (χ2v) is 13.6. The lowest BCUT2D eigenvalue weighted by Gasteiger charge is -2.45. The molecule has 0 spiro atoms. The molecule has 4 nitrogen and oxygen atoms in total. The minimum atomic E-state index is -0.0783. The lowest BCUT2D eigenvalue weighted by Crippen LogP contribution is -2.45. The zero-order valence-electron chi connectivity index (χ0n) is 27.3. The molecule has 4 heteroatoms. The van der Waals surface area contributed by atoms with Crippen LogP contribution in [0.2, 0.25) is 0 Å². The van der Waals surface area contributed by atoms with E-state index in [0.717, 1.165) is 49.9 Å². The molecule has 48 heavy (non-hydrogen) atoms. The molecule has 6 aliphatic rings. The Balaban J connectivity index is 1.06. The molecule has 6 unspecified atom stereocenters. The molecule has 0 bridgehead atoms. The van der Waals surface area contributed by atoms with E-state index in [2.05, 4.69) is 139 Å². The van der Waals surface area contributed by atoms with Gasteiger partial charge in [0.05, 0.1) is 6.07 Å². The molecule has 8 rings (SSSR count). The SMILES string of the molecule is N#CC1=CC2C(C3=CC=C(C4N=C(C5C=CC=CC5)[N-]C(C5=CC=CCC5)N4)CC3)=CCC(c3ccc(-c4ccccc4)cc3)C2C=C1. The molecule has 0 amide bonds. The molecule has 6 atom stereocenters. The maximum absolute atomic E-state index is 9.85. The Labute approximate surface area is 284 Å². The Bertz CT molecular complexity index is 1900. The highest BCUT2D eigenvalue weighted by Gasteiger charge is 2.36. The van der Waals surface area contributed by atoms with Crippen LogP contribution in [0, 0.1) is 29.1 Å². The van der Waals surface area contributed by atoms with E-state index < -0.39 is 0 Å². The van der Waals surface area contributed by atoms with E-state index >= 15 is 0 Å². The number of amidine groups is 1. The topological polar surface area (TPSA) is 62.3 Å². The molecule has 1 heterocycles. The van der Waals surface area contributed by atoms with Gasteiger partial charge in [0, 0.05) is 23.8 Å². The van der Waals surface area contributed by atoms with Gasteiger partial charge < -0.3 is 15.6 Å². The lowest BCUT2D eigenvalue weighted by molar-refractivity contribution is 0.408. The van der Waals surface area contributed by atoms with Crippen molar-refractivity contribution < 1.29 is 0 Å². The number of benzene rings is 2. The smallest absolute Gasteiger partial charge is 0.0988 e. The summed E-state index contributed by atoms with van der Waals surface area (Å²) in [4.78, 5) is 5.21. The summed E-state index contributed by atoms with van der Waals surface area (Å²) in [5, 5.41) is 18.8. The molecule has 2 aromatic rings. The molecule has 2 aromatic carbocycles. The van der Waals surface area contributed by atoms with Crippen molar-refractivity contribution in [3.63, 3.8) is 0 Å². The van der Waals surface area contributed by atoms with E-state index in [0.29, 0.717) is 11.8 Å². The molecule has 0 radical (unpaired) electrons. The number of hydrogen-bond donors (Lipinski definition) is 1. The molecular formula is C44H41N4-. The normalized spacial score (nSPS) is 29.2. The third kappa shape index (κ3) is 6.19. The monoisotopic (exact) mass is 625 g/mol. The van der Waals surface area contributed by atoms with Crippen LogP contribution in [0.25, 0.3) is 16.4 Å². The summed E-state index contributed by atoms with van der Waals surface area (Å²) in [6.45, 7) is 0. The van der Waals surface area contributed by atoms with Crippen molar-refractivity contribution in [1.82, 2.24) is 5.32 Å². The van der Waals surface area contributed by atoms with Crippen LogP contribution in [0.1, 0.15) is 50.0 Å². The summed E-state index contributed by atoms with van der Waals surface area (Å²) in [7, 11) is 0. The standard InChI is InChI=1S/C44H41N4/c45-29-30-16-25-40-38(33-19-17-32(18-20-33)31-10-4-1-5-11-31)26-27-39(41(40)28-30)34-21-23-37(24-22-34)44-47-42(35-12-6-2-7-13-35)46-43(48-44)36-14-8-3-9-15-36/h1-8,10-12,14,16-21,23,25,27-28,35,38,40-41,43-44,48H,9,13,15,22,24,26H2/q-1. The molecular weight excluding hydrogens is 585 g/mol. The van der Waals surface area contributed by atoms with Gasteiger partial charge in [0.2, 0.25) is 0 Å². The summed E-state index contributed by atoms with van der Waals surface area (Å²) < 4.78 is 0. The molecule has 0 saturated heterocycles. The number of nitrogens with one attached hydrogen (secondary N) is 1. The highest BCUT2D eigenvalue weighted by Crippen LogP contribution is 2.48. The van der Waals surface area contributed by atoms with Crippen molar-refractivity contribution in [2.45, 2.75) is 56.8 Å². The van der Waals surface area contributed by atoms with Crippen molar-refractivity contribution in [2.24, 2.45) is 22.7 Å². The second kappa shape index (κ2) is 13.6. The molecule has 0 fully saturated rings. The molecule has 1 aliphatic heterocycles. The Morgan fingerprint density at radius 1 is 0.812 bits per heavy atom. The Kier molecular flexibility index (Phi) is 8.62. The van der Waals surface area contributed by atoms with E-state index in [-0.39, 0.29) is 24.2 Å². The number of nitriles is 1. The number of rotatable bonds is 6. The predicted octanol–water partition coefficient (Wildman–Crippen LogP) is 10.1. The predicted molar refractivity (Wildman–Crippen MR) is 197 cm³/mol. The van der Waals surface area contributed by atoms with Gasteiger partial charge in [-0.15, -0.1) is 0 Å². The summed E-state index contributed by atoms with van der Waals surface area (Å²) in [6.07, 6.45) is 34.8. The van der Waals surface area contributed by atoms with Gasteiger partial charge in [0.15, 0.2) is 0 Å². The number of hydrogen-bond acceptors (Lipinski definition) is 3. The number of allylic oxidation sites excluding steroid dienone is 15. The van der Waals surface area contributed by atoms with Crippen LogP contribution >= 0.6 is 0 Å². The van der Waals surface area contributed by atoms with Crippen molar-refractivity contribution in [1.29, 1.82) is 5.26 Å². The highest BCUT2D eigenvalue weighted by atomic mass is 15.3. The van der Waals surface area contributed by atoms with Crippen LogP contribution < -0.4 is 5.32 Å². The summed E-state index contributed by atoms with van der Waals surface area (Å²) in [6, 6.07) is 22.1. The fourth-order valence-electron chi connectivity index (χ4n) is 8.09. The van der Waals surface area contributed by atoms with Gasteiger partial charge in [0.1, 0.15) is 0 Å². The van der Waals surface area contributed by atoms with Crippen LogP contribution in [-0.4, -0.2) is 18.2 Å². The van der Waals surface area contributed by atoms with Gasteiger partial charge in [-0.1, -0.05) is 144 Å². The average molecular weight is 626 g/mol. The Morgan fingerprint density at radius 2 is 1.69 bits per heavy atom. The molecule has 238 valence electrons. The van der Waals surface area contributed by atoms with Gasteiger partial charge >= 0.3 is 0 Å². The summed E-state index contributed by atoms with van der Waals surface area (Å²) in [5.41, 5.74) is 10.0. The van der Waals surface area contributed by atoms with Gasteiger partial charge in [-0.2, -0.15) is 5.26 Å². The van der Waals surface area contributed by atoms with Crippen molar-refractivity contribution in [3.05, 3.63) is 172 Å². The highest BCUT2D eigenvalue weighted by molar-refractivity contribution is 5.99. The Hall–Kier alpha value is -4.98. The molecule has 5 aliphatic carbocycles. The Morgan fingerprint density at radius 3 is 2.44 bits per heavy atom. The van der Waals surface area contributed by atoms with Crippen molar-refractivity contribution in [3.8, 4) is 17.2 Å².